The van der Waals surface area contributed by atoms with Crippen molar-refractivity contribution in [2.24, 2.45) is 57.7 Å². The summed E-state index contributed by atoms with van der Waals surface area (Å²) in [4.78, 5) is 62.3. The lowest BCUT2D eigenvalue weighted by molar-refractivity contribution is -0.199. The monoisotopic (exact) mass is 1110 g/mol. The Morgan fingerprint density at radius 1 is 0.741 bits per heavy atom. The zero-order valence-electron chi connectivity index (χ0n) is 49.2. The summed E-state index contributed by atoms with van der Waals surface area (Å²) in [6, 6.07) is 18.7. The number of carbonyl (C=O) groups is 4. The summed E-state index contributed by atoms with van der Waals surface area (Å²) in [6.45, 7) is 38.7. The van der Waals surface area contributed by atoms with Gasteiger partial charge >= 0.3 is 33.5 Å². The zero-order valence-corrected chi connectivity index (χ0v) is 49.2. The van der Waals surface area contributed by atoms with E-state index in [4.69, 9.17) is 42.0 Å². The molecule has 10 rings (SSSR count). The number of nitrogens with one attached hydrogen (secondary N) is 2. The maximum atomic E-state index is 13.3. The molecule has 4 amide bonds. The number of carbonyl (C=O) groups excluding carboxylic acids is 4. The maximum Gasteiger partial charge on any atom is 0.482 e. The Bertz CT molecular complexity index is 2680. The third-order valence-corrected chi connectivity index (χ3v) is 17.3. The number of ether oxygens (including phenoxy) is 2. The molecule has 0 spiro atoms. The van der Waals surface area contributed by atoms with Gasteiger partial charge in [-0.3, -0.25) is 9.59 Å². The minimum Gasteiger partial charge on any atom is -0.447 e. The second-order valence-electron chi connectivity index (χ2n) is 26.8. The Morgan fingerprint density at radius 3 is 1.62 bits per heavy atom. The highest BCUT2D eigenvalue weighted by molar-refractivity contribution is 6.48. The van der Waals surface area contributed by atoms with Crippen LogP contribution in [0.3, 0.4) is 0 Å². The van der Waals surface area contributed by atoms with Crippen LogP contribution in [0.25, 0.3) is 9.69 Å². The second-order valence-corrected chi connectivity index (χ2v) is 26.8. The fourth-order valence-corrected chi connectivity index (χ4v) is 12.8. The number of allylic oxidation sites excluding steroid dienone is 2. The molecule has 3 heterocycles. The number of alkyl carbamates (subject to hydrolysis) is 2. The average molecular weight is 1110 g/mol. The minimum absolute atomic E-state index is 0.000874. The maximum absolute atomic E-state index is 13.3. The first-order chi connectivity index (χ1) is 38.0. The standard InChI is InChI=1S/C33H44BN3O5.C23H30BN3O5.C4H11BO2/c1-31(2,3)17-24(35-7)29(38)37-18-21-14-23(21)25(37)19-40-30(39)36-28(13-20-11-9-8-10-12-20)34-41-27-16-22-15-26(32(22,4)5)33(27,6)42-34;1-23(2,3)12-18(25-4)21(28)27-13-16-11-17(16)19(27)14-32-22(29)26-20(24(30)31)10-15-8-6-5-7-9-15;1-4(2)3-5(6)7/h8-12,17,21-23,25-28H,13-16,18-19H2,1-6H3,(H,36,39);5-9,12,16-17,19-20,30-31H,10-11,13-14H2,1-3H3,(H,26,29);4,6-7H,3H2,1-2H3/t21-,22+,23-,25+,26+,27-,28+,33+;16-,17-,19+,20+;/m11./s1. The van der Waals surface area contributed by atoms with E-state index >= 15 is 0 Å². The number of rotatable bonds is 16. The molecule has 2 aromatic carbocycles. The van der Waals surface area contributed by atoms with Crippen LogP contribution in [0.5, 0.6) is 0 Å². The second kappa shape index (κ2) is 25.9. The lowest BCUT2D eigenvalue weighted by Crippen LogP contribution is -2.65. The fraction of sp³-hybridized carbons (Fsp3) is 0.633. The van der Waals surface area contributed by atoms with Gasteiger partial charge in [-0.05, 0) is 121 Å². The van der Waals surface area contributed by atoms with Gasteiger partial charge in [-0.25, -0.2) is 19.3 Å². The van der Waals surface area contributed by atoms with E-state index in [1.54, 1.807) is 22.0 Å². The molecule has 2 bridgehead atoms. The highest BCUT2D eigenvalue weighted by Gasteiger charge is 2.68. The number of hydrogen-bond acceptors (Lipinski definition) is 12. The average Bonchev–Trinajstić information content (AvgIpc) is 2.75. The predicted molar refractivity (Wildman–Crippen MR) is 309 cm³/mol. The molecule has 2 aromatic rings. The van der Waals surface area contributed by atoms with Crippen molar-refractivity contribution in [3.8, 4) is 0 Å². The van der Waals surface area contributed by atoms with E-state index in [0.29, 0.717) is 61.3 Å². The normalized spacial score (nSPS) is 28.1. The highest BCUT2D eigenvalue weighted by Crippen LogP contribution is 2.66. The number of likely N-dealkylation sites (tertiary alicyclic amines) is 2. The van der Waals surface area contributed by atoms with E-state index in [-0.39, 0.29) is 88.8 Å². The van der Waals surface area contributed by atoms with Gasteiger partial charge in [0.05, 0.1) is 48.8 Å². The van der Waals surface area contributed by atoms with Gasteiger partial charge in [-0.2, -0.15) is 0 Å². The summed E-state index contributed by atoms with van der Waals surface area (Å²) in [6.07, 6.45) is 7.49. The summed E-state index contributed by atoms with van der Waals surface area (Å²) in [5.41, 5.74) is 1.39. The molecule has 0 radical (unpaired) electrons. The Morgan fingerprint density at radius 2 is 1.21 bits per heavy atom. The molecule has 8 fully saturated rings. The van der Waals surface area contributed by atoms with Crippen LogP contribution < -0.4 is 10.6 Å². The van der Waals surface area contributed by atoms with Gasteiger partial charge in [0.15, 0.2) is 0 Å². The van der Waals surface area contributed by atoms with Crippen LogP contribution in [0.1, 0.15) is 113 Å². The molecule has 12 atom stereocenters. The van der Waals surface area contributed by atoms with Crippen molar-refractivity contribution >= 4 is 45.4 Å². The first-order valence-corrected chi connectivity index (χ1v) is 28.8. The molecule has 5 saturated carbocycles. The molecule has 81 heavy (non-hydrogen) atoms. The first kappa shape index (κ1) is 62.9. The van der Waals surface area contributed by atoms with Crippen LogP contribution in [0, 0.1) is 70.8 Å². The number of piperidine rings is 2. The Labute approximate surface area is 480 Å². The van der Waals surface area contributed by atoms with E-state index in [0.717, 1.165) is 36.8 Å². The van der Waals surface area contributed by atoms with Gasteiger partial charge in [0.25, 0.3) is 11.8 Å². The zero-order chi connectivity index (χ0) is 59.4. The Balaban J connectivity index is 0.000000215. The summed E-state index contributed by atoms with van der Waals surface area (Å²) in [5, 5.41) is 41.4. The van der Waals surface area contributed by atoms with E-state index in [1.165, 1.54) is 0 Å². The Hall–Kier alpha value is -5.67. The lowest BCUT2D eigenvalue weighted by Gasteiger charge is -2.64. The first-order valence-electron chi connectivity index (χ1n) is 28.8. The molecule has 8 aliphatic rings. The van der Waals surface area contributed by atoms with E-state index in [9.17, 15) is 29.2 Å². The lowest BCUT2D eigenvalue weighted by atomic mass is 9.43. The van der Waals surface area contributed by atoms with E-state index < -0.39 is 45.4 Å². The number of benzene rings is 2. The van der Waals surface area contributed by atoms with Crippen LogP contribution in [0.4, 0.5) is 9.59 Å². The van der Waals surface area contributed by atoms with Crippen LogP contribution in [-0.2, 0) is 41.2 Å². The van der Waals surface area contributed by atoms with Crippen LogP contribution >= 0.6 is 0 Å². The van der Waals surface area contributed by atoms with Crippen LogP contribution in [-0.4, -0.2) is 137 Å². The largest absolute Gasteiger partial charge is 0.482 e. The van der Waals surface area contributed by atoms with Gasteiger partial charge in [0.2, 0.25) is 11.4 Å². The van der Waals surface area contributed by atoms with Gasteiger partial charge in [-0.15, -0.1) is 0 Å². The quantitative estimate of drug-likeness (QED) is 0.0548. The molecular formula is C60H85B3N6O12. The number of hydrogen-bond donors (Lipinski definition) is 6. The highest BCUT2D eigenvalue weighted by atomic mass is 16.7. The van der Waals surface area contributed by atoms with Crippen molar-refractivity contribution in [2.75, 3.05) is 26.3 Å². The van der Waals surface area contributed by atoms with Crippen LogP contribution in [0.15, 0.2) is 84.2 Å². The summed E-state index contributed by atoms with van der Waals surface area (Å²) in [7, 11) is -3.45. The third-order valence-electron chi connectivity index (χ3n) is 17.3. The summed E-state index contributed by atoms with van der Waals surface area (Å²) >= 11 is 0. The minimum atomic E-state index is -1.75. The smallest absolute Gasteiger partial charge is 0.447 e. The van der Waals surface area contributed by atoms with Gasteiger partial charge < -0.3 is 59.3 Å². The Kier molecular flexibility index (Phi) is 20.1. The van der Waals surface area contributed by atoms with E-state index in [2.05, 4.69) is 41.1 Å². The molecule has 0 unspecified atom stereocenters. The number of fused-ring (bicyclic) bond motifs is 2. The van der Waals surface area contributed by atoms with Crippen LogP contribution in [0.2, 0.25) is 6.32 Å². The third kappa shape index (κ3) is 16.1. The van der Waals surface area contributed by atoms with Crippen molar-refractivity contribution in [1.82, 2.24) is 20.4 Å². The molecule has 3 saturated heterocycles. The predicted octanol–water partition coefficient (Wildman–Crippen LogP) is 7.43. The van der Waals surface area contributed by atoms with Crippen molar-refractivity contribution in [1.29, 1.82) is 0 Å². The number of nitrogens with zero attached hydrogens (tertiary/aromatic N) is 4. The molecule has 6 N–H and O–H groups in total. The SMILES string of the molecule is CC(C)CB(O)O.[C-]#[N+]C(=CC(C)(C)C)C(=O)N1C[C@H]2C[C@H]2[C@@H]1COC(=O)N[C@@H](Cc1ccccc1)B(O)O.[C-]#[N+]C(=CC(C)(C)C)C(=O)N1C[C@H]2C[C@H]2[C@@H]1COC(=O)N[C@@H](Cc1ccccc1)B1O[C@@H]2C[C@@H]3C[C@@H](C3(C)C)[C@]2(C)O1. The number of amides is 4. The van der Waals surface area contributed by atoms with E-state index in [1.807, 2.05) is 116 Å². The fourth-order valence-electron chi connectivity index (χ4n) is 12.8. The van der Waals surface area contributed by atoms with Gasteiger partial charge in [0.1, 0.15) is 13.2 Å². The van der Waals surface area contributed by atoms with Crippen molar-refractivity contribution in [2.45, 2.75) is 157 Å². The molecule has 3 aliphatic heterocycles. The molecule has 5 aliphatic carbocycles. The summed E-state index contributed by atoms with van der Waals surface area (Å²) < 4.78 is 24.4. The molecule has 436 valence electrons. The molecule has 18 nitrogen and oxygen atoms in total. The van der Waals surface area contributed by atoms with Gasteiger partial charge in [-0.1, -0.05) is 142 Å². The summed E-state index contributed by atoms with van der Waals surface area (Å²) in [5.74, 6) is 0.841. The van der Waals surface area contributed by atoms with Crippen molar-refractivity contribution < 1.29 is 58.1 Å². The van der Waals surface area contributed by atoms with Crippen molar-refractivity contribution in [3.63, 3.8) is 0 Å². The molecular weight excluding hydrogens is 1030 g/mol. The molecule has 0 aromatic heterocycles. The van der Waals surface area contributed by atoms with Gasteiger partial charge in [0, 0.05) is 13.1 Å². The van der Waals surface area contributed by atoms with Crippen molar-refractivity contribution in [3.05, 3.63) is 118 Å². The topological polar surface area (TPSA) is 225 Å². The molecule has 21 heteroatoms.